The van der Waals surface area contributed by atoms with Gasteiger partial charge in [0.15, 0.2) is 0 Å². The molecule has 0 aliphatic carbocycles. The van der Waals surface area contributed by atoms with Gasteiger partial charge < -0.3 is 19.6 Å². The van der Waals surface area contributed by atoms with E-state index in [9.17, 15) is 14.5 Å². The number of unbranched alkanes of at least 4 members (excludes halogenated alkanes) is 13. The van der Waals surface area contributed by atoms with Gasteiger partial charge in [0.05, 0.1) is 12.3 Å². The van der Waals surface area contributed by atoms with E-state index >= 15 is 0 Å². The van der Waals surface area contributed by atoms with Crippen LogP contribution in [-0.2, 0) is 14.1 Å². The van der Waals surface area contributed by atoms with Gasteiger partial charge in [0, 0.05) is 6.42 Å². The van der Waals surface area contributed by atoms with Gasteiger partial charge in [-0.05, 0) is 32.1 Å². The third-order valence-corrected chi connectivity index (χ3v) is 5.93. The highest BCUT2D eigenvalue weighted by molar-refractivity contribution is 7.51. The van der Waals surface area contributed by atoms with Crippen molar-refractivity contribution >= 4 is 13.6 Å². The Morgan fingerprint density at radius 1 is 0.833 bits per heavy atom. The molecule has 0 heterocycles. The number of carbonyl (C=O) groups excluding carboxylic acids is 1. The smallest absolute Gasteiger partial charge is 0.328 e. The zero-order chi connectivity index (χ0) is 22.5. The second kappa shape index (κ2) is 20.2. The maximum absolute atomic E-state index is 11.5. The monoisotopic (exact) mass is 448 g/mol. The fraction of sp³-hybridized carbons (Fsp3) is 0.870. The Bertz CT molecular complexity index is 474. The van der Waals surface area contributed by atoms with Crippen LogP contribution in [0.4, 0.5) is 0 Å². The van der Waals surface area contributed by atoms with Crippen molar-refractivity contribution in [2.75, 3.05) is 12.8 Å². The summed E-state index contributed by atoms with van der Waals surface area (Å²) in [6.45, 7) is 1.89. The maximum atomic E-state index is 11.5. The third kappa shape index (κ3) is 23.6. The molecule has 0 saturated carbocycles. The molecule has 30 heavy (non-hydrogen) atoms. The molecular formula is C23H45O6P. The molecule has 0 aromatic heterocycles. The molecule has 178 valence electrons. The lowest BCUT2D eigenvalue weighted by molar-refractivity contribution is -0.146. The molecule has 0 aromatic rings. The molecule has 0 aliphatic heterocycles. The summed E-state index contributed by atoms with van der Waals surface area (Å²) in [5, 5.41) is 9.38. The van der Waals surface area contributed by atoms with E-state index in [4.69, 9.17) is 14.5 Å². The zero-order valence-corrected chi connectivity index (χ0v) is 19.9. The summed E-state index contributed by atoms with van der Waals surface area (Å²) in [6, 6.07) is 0. The number of hydrogen-bond acceptors (Lipinski definition) is 4. The average Bonchev–Trinajstić information content (AvgIpc) is 2.67. The average molecular weight is 449 g/mol. The Labute approximate surface area is 183 Å². The van der Waals surface area contributed by atoms with E-state index in [1.165, 1.54) is 77.0 Å². The Morgan fingerprint density at radius 2 is 1.30 bits per heavy atom. The lowest BCUT2D eigenvalue weighted by atomic mass is 10.1. The van der Waals surface area contributed by atoms with Gasteiger partial charge in [0.1, 0.15) is 6.61 Å². The largest absolute Gasteiger partial charge is 0.463 e. The summed E-state index contributed by atoms with van der Waals surface area (Å²) in [7, 11) is -4.28. The number of rotatable bonds is 21. The van der Waals surface area contributed by atoms with Crippen LogP contribution in [0.25, 0.3) is 0 Å². The van der Waals surface area contributed by atoms with E-state index in [2.05, 4.69) is 19.1 Å². The van der Waals surface area contributed by atoms with Crippen LogP contribution in [0.3, 0.4) is 0 Å². The van der Waals surface area contributed by atoms with Gasteiger partial charge in [-0.1, -0.05) is 83.3 Å². The van der Waals surface area contributed by atoms with Crippen LogP contribution in [0.15, 0.2) is 12.2 Å². The number of aliphatic hydroxyl groups is 1. The Morgan fingerprint density at radius 3 is 1.80 bits per heavy atom. The molecule has 7 heteroatoms. The first-order chi connectivity index (χ1) is 14.3. The zero-order valence-electron chi connectivity index (χ0n) is 19.0. The van der Waals surface area contributed by atoms with E-state index in [1.807, 2.05) is 0 Å². The van der Waals surface area contributed by atoms with E-state index in [0.29, 0.717) is 0 Å². The minimum Gasteiger partial charge on any atom is -0.463 e. The first-order valence-electron chi connectivity index (χ1n) is 11.9. The minimum atomic E-state index is -4.28. The van der Waals surface area contributed by atoms with Crippen LogP contribution >= 0.6 is 7.60 Å². The van der Waals surface area contributed by atoms with E-state index in [0.717, 1.165) is 19.3 Å². The van der Waals surface area contributed by atoms with Gasteiger partial charge in [-0.15, -0.1) is 0 Å². The summed E-state index contributed by atoms with van der Waals surface area (Å²) < 4.78 is 15.6. The van der Waals surface area contributed by atoms with Crippen LogP contribution in [-0.4, -0.2) is 39.7 Å². The van der Waals surface area contributed by atoms with E-state index in [-0.39, 0.29) is 13.0 Å². The molecule has 0 bridgehead atoms. The number of ether oxygens (including phenoxy) is 1. The first kappa shape index (κ1) is 29.3. The van der Waals surface area contributed by atoms with Crippen LogP contribution in [0.1, 0.15) is 110 Å². The van der Waals surface area contributed by atoms with Crippen LogP contribution in [0.2, 0.25) is 0 Å². The lowest BCUT2D eigenvalue weighted by Crippen LogP contribution is -2.22. The van der Waals surface area contributed by atoms with Crippen molar-refractivity contribution in [2.24, 2.45) is 0 Å². The Balaban J connectivity index is 3.33. The van der Waals surface area contributed by atoms with E-state index < -0.39 is 25.8 Å². The highest BCUT2D eigenvalue weighted by atomic mass is 31.2. The molecular weight excluding hydrogens is 403 g/mol. The molecule has 6 nitrogen and oxygen atoms in total. The topological polar surface area (TPSA) is 104 Å². The molecule has 0 saturated heterocycles. The predicted octanol–water partition coefficient (Wildman–Crippen LogP) is 5.89. The lowest BCUT2D eigenvalue weighted by Gasteiger charge is -2.12. The predicted molar refractivity (Wildman–Crippen MR) is 123 cm³/mol. The van der Waals surface area contributed by atoms with Gasteiger partial charge in [-0.25, -0.2) is 0 Å². The third-order valence-electron chi connectivity index (χ3n) is 5.03. The summed E-state index contributed by atoms with van der Waals surface area (Å²) in [5.41, 5.74) is 0. The van der Waals surface area contributed by atoms with Crippen molar-refractivity contribution in [1.29, 1.82) is 0 Å². The maximum Gasteiger partial charge on any atom is 0.328 e. The molecule has 0 spiro atoms. The molecule has 0 rings (SSSR count). The SMILES string of the molecule is CCCCCCCCC=CCCCCCCCCCC(=O)OCC(O)CP(=O)(O)O. The number of allylic oxidation sites excluding steroid dienone is 2. The molecule has 1 atom stereocenters. The van der Waals surface area contributed by atoms with Crippen molar-refractivity contribution in [1.82, 2.24) is 0 Å². The fourth-order valence-electron chi connectivity index (χ4n) is 3.28. The normalized spacial score (nSPS) is 13.1. The number of carbonyl (C=O) groups is 1. The summed E-state index contributed by atoms with van der Waals surface area (Å²) >= 11 is 0. The van der Waals surface area contributed by atoms with Crippen molar-refractivity contribution in [2.45, 2.75) is 116 Å². The molecule has 0 radical (unpaired) electrons. The van der Waals surface area contributed by atoms with Gasteiger partial charge in [-0.3, -0.25) is 9.36 Å². The number of hydrogen-bond donors (Lipinski definition) is 3. The second-order valence-electron chi connectivity index (χ2n) is 8.23. The van der Waals surface area contributed by atoms with Crippen LogP contribution in [0.5, 0.6) is 0 Å². The minimum absolute atomic E-state index is 0.284. The summed E-state index contributed by atoms with van der Waals surface area (Å²) in [5.74, 6) is -0.424. The molecule has 0 amide bonds. The van der Waals surface area contributed by atoms with E-state index in [1.54, 1.807) is 0 Å². The Kier molecular flexibility index (Phi) is 19.8. The fourth-order valence-corrected chi connectivity index (χ4v) is 3.94. The number of aliphatic hydroxyl groups excluding tert-OH is 1. The summed E-state index contributed by atoms with van der Waals surface area (Å²) in [4.78, 5) is 29.0. The molecule has 0 aromatic carbocycles. The van der Waals surface area contributed by atoms with Crippen molar-refractivity contribution in [3.63, 3.8) is 0 Å². The molecule has 3 N–H and O–H groups in total. The van der Waals surface area contributed by atoms with Crippen molar-refractivity contribution in [3.05, 3.63) is 12.2 Å². The molecule has 1 unspecified atom stereocenters. The molecule has 0 aliphatic rings. The van der Waals surface area contributed by atoms with Gasteiger partial charge in [-0.2, -0.15) is 0 Å². The van der Waals surface area contributed by atoms with Crippen LogP contribution in [0, 0.1) is 0 Å². The van der Waals surface area contributed by atoms with Gasteiger partial charge in [0.2, 0.25) is 0 Å². The molecule has 0 fully saturated rings. The summed E-state index contributed by atoms with van der Waals surface area (Å²) in [6.07, 6.45) is 21.2. The van der Waals surface area contributed by atoms with Crippen molar-refractivity contribution < 1.29 is 29.0 Å². The second-order valence-corrected chi connectivity index (χ2v) is 9.92. The highest BCUT2D eigenvalue weighted by Crippen LogP contribution is 2.34. The standard InChI is InChI=1S/C23H45O6P/c1-2-3-4-5-6-7-8-9-10-11-12-13-14-15-16-17-18-19-23(25)29-20-22(24)21-30(26,27)28/h9-10,22,24H,2-8,11-21H2,1H3,(H2,26,27,28). The van der Waals surface area contributed by atoms with Gasteiger partial charge >= 0.3 is 13.6 Å². The number of esters is 1. The Hall–Kier alpha value is -0.680. The highest BCUT2D eigenvalue weighted by Gasteiger charge is 2.20. The first-order valence-corrected chi connectivity index (χ1v) is 13.7. The van der Waals surface area contributed by atoms with Gasteiger partial charge in [0.25, 0.3) is 0 Å². The quantitative estimate of drug-likeness (QED) is 0.0876. The van der Waals surface area contributed by atoms with Crippen molar-refractivity contribution in [3.8, 4) is 0 Å². The van der Waals surface area contributed by atoms with Crippen LogP contribution < -0.4 is 0 Å².